The van der Waals surface area contributed by atoms with Crippen molar-refractivity contribution in [3.05, 3.63) is 71.4 Å². The molecule has 0 saturated heterocycles. The summed E-state index contributed by atoms with van der Waals surface area (Å²) in [5.41, 5.74) is 3.70. The van der Waals surface area contributed by atoms with E-state index in [1.165, 1.54) is 44.9 Å². The highest BCUT2D eigenvalue weighted by Crippen LogP contribution is 2.45. The van der Waals surface area contributed by atoms with Crippen molar-refractivity contribution < 1.29 is 28.4 Å². The number of benzene rings is 2. The van der Waals surface area contributed by atoms with E-state index in [0.717, 1.165) is 51.5 Å². The first kappa shape index (κ1) is 40.3. The number of hydrogen-bond donors (Lipinski definition) is 2. The molecule has 2 N–H and O–H groups in total. The van der Waals surface area contributed by atoms with Gasteiger partial charge >= 0.3 is 0 Å². The summed E-state index contributed by atoms with van der Waals surface area (Å²) >= 11 is 1.82. The molecule has 9 nitrogen and oxygen atoms in total. The number of fused-ring (bicyclic) bond motifs is 2. The van der Waals surface area contributed by atoms with Gasteiger partial charge < -0.3 is 29.7 Å². The normalized spacial score (nSPS) is 13.2. The molecule has 2 heterocycles. The van der Waals surface area contributed by atoms with E-state index >= 15 is 0 Å². The summed E-state index contributed by atoms with van der Waals surface area (Å²) in [6, 6.07) is 19.4. The molecular weight excluding hydrogens is 661 g/mol. The lowest BCUT2D eigenvalue weighted by atomic mass is 10.1. The Morgan fingerprint density at radius 3 is 2.00 bits per heavy atom. The van der Waals surface area contributed by atoms with Crippen molar-refractivity contribution in [2.24, 2.45) is 0 Å². The van der Waals surface area contributed by atoms with Crippen molar-refractivity contribution in [1.29, 1.82) is 0 Å². The minimum Gasteiger partial charge on any atom is -0.379 e. The number of hydrogen-bond acceptors (Lipinski definition) is 7. The average Bonchev–Trinajstić information content (AvgIpc) is 3.46. The van der Waals surface area contributed by atoms with Crippen molar-refractivity contribution in [1.82, 2.24) is 10.6 Å². The number of aryl methyl sites for hydroxylation is 1. The van der Waals surface area contributed by atoms with Crippen LogP contribution in [0.3, 0.4) is 0 Å². The predicted octanol–water partition coefficient (Wildman–Crippen LogP) is 7.26. The maximum absolute atomic E-state index is 12.3. The van der Waals surface area contributed by atoms with Gasteiger partial charge in [-0.05, 0) is 61.9 Å². The first-order valence-electron chi connectivity index (χ1n) is 19.0. The summed E-state index contributed by atoms with van der Waals surface area (Å²) in [7, 11) is 2.13. The van der Waals surface area contributed by atoms with Crippen LogP contribution in [0.1, 0.15) is 83.1 Å². The van der Waals surface area contributed by atoms with Gasteiger partial charge in [-0.2, -0.15) is 4.57 Å². The molecule has 51 heavy (non-hydrogen) atoms. The molecule has 2 aromatic carbocycles. The monoisotopic (exact) mass is 719 g/mol. The summed E-state index contributed by atoms with van der Waals surface area (Å²) < 4.78 is 19.1. The van der Waals surface area contributed by atoms with Gasteiger partial charge in [-0.15, -0.1) is 0 Å². The van der Waals surface area contributed by atoms with E-state index in [-0.39, 0.29) is 11.8 Å². The summed E-state index contributed by atoms with van der Waals surface area (Å²) in [6.07, 6.45) is 14.6. The molecule has 1 aromatic heterocycles. The van der Waals surface area contributed by atoms with E-state index in [2.05, 4.69) is 101 Å². The maximum atomic E-state index is 12.3. The molecule has 1 aliphatic rings. The summed E-state index contributed by atoms with van der Waals surface area (Å²) in [6.45, 7) is 7.68. The second-order valence-electron chi connectivity index (χ2n) is 13.0. The molecule has 0 atom stereocenters. The fourth-order valence-electron chi connectivity index (χ4n) is 5.99. The number of aromatic nitrogens is 1. The molecular formula is C41H59N4O5S+. The van der Waals surface area contributed by atoms with Gasteiger partial charge in [0.05, 0.1) is 42.5 Å². The number of carbonyl (C=O) groups is 2. The number of nitrogens with one attached hydrogen (secondary N) is 2. The second-order valence-corrected chi connectivity index (χ2v) is 14.0. The molecule has 0 saturated carbocycles. The van der Waals surface area contributed by atoms with Crippen molar-refractivity contribution in [3.8, 4) is 0 Å². The molecule has 0 bridgehead atoms. The zero-order valence-corrected chi connectivity index (χ0v) is 31.7. The number of pyridine rings is 1. The Morgan fingerprint density at radius 2 is 1.33 bits per heavy atom. The molecule has 0 unspecified atom stereocenters. The highest BCUT2D eigenvalue weighted by Gasteiger charge is 2.22. The van der Waals surface area contributed by atoms with Crippen molar-refractivity contribution in [2.75, 3.05) is 64.7 Å². The molecule has 3 aromatic rings. The third-order valence-electron chi connectivity index (χ3n) is 8.89. The highest BCUT2D eigenvalue weighted by atomic mass is 32.2. The zero-order valence-electron chi connectivity index (χ0n) is 30.8. The number of amides is 2. The Kier molecular flexibility index (Phi) is 18.9. The minimum atomic E-state index is 0.107. The van der Waals surface area contributed by atoms with Crippen LogP contribution in [0.15, 0.2) is 70.7 Å². The Bertz CT molecular complexity index is 1520. The average molecular weight is 720 g/mol. The fraction of sp³-hybridized carbons (Fsp3) is 0.537. The number of carbonyl (C=O) groups excluding carboxylic acids is 2. The molecule has 4 rings (SSSR count). The Balaban J connectivity index is 0.969. The Labute approximate surface area is 309 Å². The van der Waals surface area contributed by atoms with Crippen LogP contribution in [0.2, 0.25) is 0 Å². The molecule has 0 fully saturated rings. The van der Waals surface area contributed by atoms with Crippen LogP contribution in [-0.2, 0) is 30.3 Å². The largest absolute Gasteiger partial charge is 0.379 e. The zero-order chi connectivity index (χ0) is 35.9. The van der Waals surface area contributed by atoms with E-state index in [0.29, 0.717) is 65.6 Å². The number of para-hydroxylation sites is 2. The van der Waals surface area contributed by atoms with Gasteiger partial charge in [0.1, 0.15) is 6.54 Å². The first-order chi connectivity index (χ1) is 25.1. The van der Waals surface area contributed by atoms with E-state index in [1.54, 1.807) is 0 Å². The van der Waals surface area contributed by atoms with Gasteiger partial charge in [0.2, 0.25) is 17.3 Å². The van der Waals surface area contributed by atoms with Gasteiger partial charge in [0, 0.05) is 69.6 Å². The summed E-state index contributed by atoms with van der Waals surface area (Å²) in [4.78, 5) is 27.6. The lowest BCUT2D eigenvalue weighted by Crippen LogP contribution is -2.34. The molecule has 1 aliphatic heterocycles. The molecule has 278 valence electrons. The summed E-state index contributed by atoms with van der Waals surface area (Å²) in [5.74, 6) is 0.244. The van der Waals surface area contributed by atoms with Crippen molar-refractivity contribution in [3.63, 3.8) is 0 Å². The molecule has 0 radical (unpaired) electrons. The van der Waals surface area contributed by atoms with Crippen LogP contribution in [0.25, 0.3) is 17.0 Å². The lowest BCUT2D eigenvalue weighted by molar-refractivity contribution is -0.671. The summed E-state index contributed by atoms with van der Waals surface area (Å²) in [5, 5.41) is 8.44. The van der Waals surface area contributed by atoms with Gasteiger partial charge in [-0.25, -0.2) is 0 Å². The molecule has 2 amide bonds. The van der Waals surface area contributed by atoms with Crippen LogP contribution in [-0.4, -0.2) is 71.6 Å². The molecule has 10 heteroatoms. The fourth-order valence-corrected chi connectivity index (χ4v) is 7.09. The third kappa shape index (κ3) is 14.6. The van der Waals surface area contributed by atoms with Crippen molar-refractivity contribution >= 4 is 46.2 Å². The van der Waals surface area contributed by atoms with Gasteiger partial charge in [0.25, 0.3) is 0 Å². The van der Waals surface area contributed by atoms with Gasteiger partial charge in [-0.3, -0.25) is 9.59 Å². The topological polar surface area (TPSA) is 93.0 Å². The highest BCUT2D eigenvalue weighted by molar-refractivity contribution is 8.03. The van der Waals surface area contributed by atoms with E-state index in [4.69, 9.17) is 14.2 Å². The molecule has 0 aliphatic carbocycles. The number of rotatable bonds is 26. The minimum absolute atomic E-state index is 0.107. The number of ether oxygens (including phenoxy) is 3. The number of thioether (sulfide) groups is 1. The Hall–Kier alpha value is -3.44. The predicted molar refractivity (Wildman–Crippen MR) is 208 cm³/mol. The quantitative estimate of drug-likeness (QED) is 0.0667. The smallest absolute Gasteiger partial charge is 0.219 e. The van der Waals surface area contributed by atoms with E-state index < -0.39 is 0 Å². The van der Waals surface area contributed by atoms with Crippen LogP contribution >= 0.6 is 11.8 Å². The lowest BCUT2D eigenvalue weighted by Gasteiger charge is -2.13. The van der Waals surface area contributed by atoms with E-state index in [1.807, 2.05) is 11.8 Å². The van der Waals surface area contributed by atoms with Gasteiger partial charge in [0.15, 0.2) is 6.20 Å². The molecule has 0 spiro atoms. The Morgan fingerprint density at radius 1 is 0.725 bits per heavy atom. The SMILES string of the molecule is CCCCCCC(=O)NCCCOCCOCCOCCCNC(=O)CCCCC[n+]1ccc(C=C2Sc3ccccc3N2C)c2ccccc21. The van der Waals surface area contributed by atoms with Crippen molar-refractivity contribution in [2.45, 2.75) is 89.0 Å². The number of nitrogens with zero attached hydrogens (tertiary/aromatic N) is 2. The number of unbranched alkanes of at least 4 members (excludes halogenated alkanes) is 5. The number of anilines is 1. The van der Waals surface area contributed by atoms with Crippen LogP contribution in [0, 0.1) is 0 Å². The first-order valence-corrected chi connectivity index (χ1v) is 19.8. The van der Waals surface area contributed by atoms with Gasteiger partial charge in [-0.1, -0.05) is 62.2 Å². The van der Waals surface area contributed by atoms with Crippen LogP contribution in [0.5, 0.6) is 0 Å². The van der Waals surface area contributed by atoms with Crippen LogP contribution < -0.4 is 20.1 Å². The third-order valence-corrected chi connectivity index (χ3v) is 10.1. The maximum Gasteiger partial charge on any atom is 0.219 e. The second kappa shape index (κ2) is 23.9. The van der Waals surface area contributed by atoms with Crippen LogP contribution in [0.4, 0.5) is 5.69 Å². The standard InChI is InChI=1S/C41H58N4O5S/c1-3-4-5-7-20-39(46)42-23-14-27-48-29-31-50-32-30-49-28-15-24-43-40(47)21-8-6-13-25-45-26-22-34(35-16-9-10-17-36(35)45)33-41-44(2)37-18-11-12-19-38(37)51-41/h9-12,16-19,22,26,33H,3-8,13-15,20-21,23-25,27-32H2,1-2H3,(H-,42,43,46,47)/p+1. The van der Waals surface area contributed by atoms with E-state index in [9.17, 15) is 9.59 Å².